The number of amides is 1. The molecule has 3 aromatic rings. The molecule has 1 aliphatic rings. The summed E-state index contributed by atoms with van der Waals surface area (Å²) >= 11 is 6.10. The fraction of sp³-hybridized carbons (Fsp3) is 0.348. The Hall–Kier alpha value is -3.11. The molecule has 1 amide bonds. The molecule has 4 rings (SSSR count). The van der Waals surface area contributed by atoms with Crippen LogP contribution in [0.25, 0.3) is 0 Å². The van der Waals surface area contributed by atoms with Crippen LogP contribution >= 0.6 is 11.6 Å². The summed E-state index contributed by atoms with van der Waals surface area (Å²) in [5, 5.41) is 14.4. The van der Waals surface area contributed by atoms with E-state index in [0.717, 1.165) is 0 Å². The van der Waals surface area contributed by atoms with Gasteiger partial charge in [0.2, 0.25) is 5.91 Å². The van der Waals surface area contributed by atoms with Gasteiger partial charge in [-0.2, -0.15) is 4.73 Å². The summed E-state index contributed by atoms with van der Waals surface area (Å²) in [7, 11) is 0. The molecular formula is C23H23ClF3N5O2. The number of anilines is 1. The van der Waals surface area contributed by atoms with E-state index in [2.05, 4.69) is 10.3 Å². The highest BCUT2D eigenvalue weighted by Gasteiger charge is 2.46. The van der Waals surface area contributed by atoms with Crippen molar-refractivity contribution in [2.24, 2.45) is 0 Å². The van der Waals surface area contributed by atoms with Crippen LogP contribution in [-0.4, -0.2) is 45.4 Å². The summed E-state index contributed by atoms with van der Waals surface area (Å²) in [5.74, 6) is -4.59. The van der Waals surface area contributed by atoms with Gasteiger partial charge in [-0.05, 0) is 36.2 Å². The van der Waals surface area contributed by atoms with E-state index < -0.39 is 30.1 Å². The third-order valence-electron chi connectivity index (χ3n) is 6.06. The Bertz CT molecular complexity index is 1170. The van der Waals surface area contributed by atoms with Gasteiger partial charge in [-0.1, -0.05) is 11.6 Å². The Morgan fingerprint density at radius 2 is 2.09 bits per heavy atom. The highest BCUT2D eigenvalue weighted by molar-refractivity contribution is 6.31. The Morgan fingerprint density at radius 1 is 1.35 bits per heavy atom. The number of piperidine rings is 1. The number of aromatic nitrogens is 3. The van der Waals surface area contributed by atoms with Gasteiger partial charge in [-0.3, -0.25) is 9.69 Å². The molecule has 180 valence electrons. The molecule has 34 heavy (non-hydrogen) atoms. The van der Waals surface area contributed by atoms with Crippen LogP contribution in [0.2, 0.25) is 5.02 Å². The van der Waals surface area contributed by atoms with Gasteiger partial charge in [-0.25, -0.2) is 18.2 Å². The molecule has 0 spiro atoms. The molecule has 1 aliphatic heterocycles. The zero-order valence-electron chi connectivity index (χ0n) is 18.3. The van der Waals surface area contributed by atoms with Gasteiger partial charge in [-0.15, -0.1) is 0 Å². The third kappa shape index (κ3) is 5.34. The quantitative estimate of drug-likeness (QED) is 0.418. The highest BCUT2D eigenvalue weighted by atomic mass is 35.5. The minimum Gasteiger partial charge on any atom is -0.619 e. The first-order chi connectivity index (χ1) is 16.1. The molecule has 1 saturated heterocycles. The molecule has 3 heterocycles. The number of imidazole rings is 1. The molecular weight excluding hydrogens is 471 g/mol. The number of nitrogens with zero attached hydrogens (tertiary/aromatic N) is 4. The van der Waals surface area contributed by atoms with Gasteiger partial charge >= 0.3 is 0 Å². The standard InChI is InChI=1S/C23H23ClF3N5O2/c1-15(31-9-6-23(26,27)19(12-31)16-4-7-32(34)8-5-16)22(33)29-21-13-30(14-28-21)11-17-10-18(25)2-3-20(17)24/h2-5,7-8,10,13-15,19H,6,9,11-12H2,1H3,(H,29,33)/t15-,19+/m0/s1. The third-order valence-corrected chi connectivity index (χ3v) is 6.43. The zero-order valence-corrected chi connectivity index (χ0v) is 19.1. The van der Waals surface area contributed by atoms with Crippen molar-refractivity contribution >= 4 is 23.3 Å². The number of nitrogens with one attached hydrogen (secondary N) is 1. The van der Waals surface area contributed by atoms with Gasteiger partial charge in [0.1, 0.15) is 5.82 Å². The molecule has 2 atom stereocenters. The van der Waals surface area contributed by atoms with Crippen molar-refractivity contribution in [1.82, 2.24) is 14.5 Å². The first-order valence-corrected chi connectivity index (χ1v) is 11.1. The smallest absolute Gasteiger partial charge is 0.257 e. The Kier molecular flexibility index (Phi) is 6.81. The second kappa shape index (κ2) is 9.63. The minimum absolute atomic E-state index is 0.0308. The lowest BCUT2D eigenvalue weighted by atomic mass is 9.87. The van der Waals surface area contributed by atoms with E-state index in [1.54, 1.807) is 22.6 Å². The summed E-state index contributed by atoms with van der Waals surface area (Å²) < 4.78 is 44.9. The largest absolute Gasteiger partial charge is 0.619 e. The lowest BCUT2D eigenvalue weighted by Gasteiger charge is -2.40. The van der Waals surface area contributed by atoms with Crippen molar-refractivity contribution < 1.29 is 22.7 Å². The summed E-state index contributed by atoms with van der Waals surface area (Å²) in [5.41, 5.74) is 0.915. The van der Waals surface area contributed by atoms with Crippen molar-refractivity contribution in [3.63, 3.8) is 0 Å². The lowest BCUT2D eigenvalue weighted by molar-refractivity contribution is -0.605. The average Bonchev–Trinajstić information content (AvgIpc) is 3.23. The van der Waals surface area contributed by atoms with Crippen molar-refractivity contribution in [2.45, 2.75) is 37.8 Å². The van der Waals surface area contributed by atoms with Crippen molar-refractivity contribution in [2.75, 3.05) is 18.4 Å². The number of rotatable bonds is 6. The van der Waals surface area contributed by atoms with Crippen LogP contribution in [0.5, 0.6) is 0 Å². The van der Waals surface area contributed by atoms with E-state index >= 15 is 0 Å². The number of benzene rings is 1. The van der Waals surface area contributed by atoms with Crippen molar-refractivity contribution in [3.05, 3.63) is 82.4 Å². The van der Waals surface area contributed by atoms with E-state index in [1.165, 1.54) is 49.1 Å². The fourth-order valence-electron chi connectivity index (χ4n) is 4.05. The summed E-state index contributed by atoms with van der Waals surface area (Å²) in [6.45, 7) is 1.93. The van der Waals surface area contributed by atoms with Gasteiger partial charge in [0.05, 0.1) is 24.8 Å². The normalized spacial score (nSPS) is 19.0. The number of hydrogen-bond acceptors (Lipinski definition) is 4. The molecule has 0 saturated carbocycles. The molecule has 11 heteroatoms. The van der Waals surface area contributed by atoms with E-state index in [4.69, 9.17) is 11.6 Å². The van der Waals surface area contributed by atoms with Gasteiger partial charge in [0.25, 0.3) is 5.92 Å². The number of carbonyl (C=O) groups excluding carboxylic acids is 1. The predicted molar refractivity (Wildman–Crippen MR) is 120 cm³/mol. The van der Waals surface area contributed by atoms with Crippen molar-refractivity contribution in [1.29, 1.82) is 0 Å². The lowest BCUT2D eigenvalue weighted by Crippen LogP contribution is -2.52. The Balaban J connectivity index is 1.40. The molecule has 1 N–H and O–H groups in total. The number of likely N-dealkylation sites (tertiary alicyclic amines) is 1. The molecule has 7 nitrogen and oxygen atoms in total. The Morgan fingerprint density at radius 3 is 2.82 bits per heavy atom. The van der Waals surface area contributed by atoms with E-state index in [9.17, 15) is 23.2 Å². The van der Waals surface area contributed by atoms with E-state index in [0.29, 0.717) is 20.9 Å². The number of hydrogen-bond donors (Lipinski definition) is 1. The van der Waals surface area contributed by atoms with Gasteiger partial charge in [0, 0.05) is 42.9 Å². The first-order valence-electron chi connectivity index (χ1n) is 10.7. The highest BCUT2D eigenvalue weighted by Crippen LogP contribution is 2.40. The number of alkyl halides is 2. The van der Waals surface area contributed by atoms with Gasteiger partial charge < -0.3 is 15.1 Å². The van der Waals surface area contributed by atoms with Crippen LogP contribution in [0.4, 0.5) is 19.0 Å². The summed E-state index contributed by atoms with van der Waals surface area (Å²) in [4.78, 5) is 18.7. The van der Waals surface area contributed by atoms with Crippen LogP contribution in [-0.2, 0) is 11.3 Å². The SMILES string of the molecule is C[C@@H](C(=O)Nc1cn(Cc2cc(F)ccc2Cl)cn1)N1CCC(F)(F)[C@@H](c2cc[n+]([O-])cc2)C1. The molecule has 1 aromatic carbocycles. The molecule has 1 fully saturated rings. The van der Waals surface area contributed by atoms with Gasteiger partial charge in [0.15, 0.2) is 18.2 Å². The van der Waals surface area contributed by atoms with Crippen LogP contribution in [0.15, 0.2) is 55.2 Å². The Labute approximate surface area is 199 Å². The fourth-order valence-corrected chi connectivity index (χ4v) is 4.23. The second-order valence-corrected chi connectivity index (χ2v) is 8.79. The summed E-state index contributed by atoms with van der Waals surface area (Å²) in [6.07, 6.45) is 5.05. The number of pyridine rings is 1. The maximum atomic E-state index is 14.6. The van der Waals surface area contributed by atoms with Crippen molar-refractivity contribution in [3.8, 4) is 0 Å². The monoisotopic (exact) mass is 493 g/mol. The maximum Gasteiger partial charge on any atom is 0.257 e. The topological polar surface area (TPSA) is 77.1 Å². The van der Waals surface area contributed by atoms with E-state index in [-0.39, 0.29) is 31.4 Å². The molecule has 0 bridgehead atoms. The van der Waals surface area contributed by atoms with Crippen LogP contribution < -0.4 is 10.0 Å². The molecule has 0 unspecified atom stereocenters. The van der Waals surface area contributed by atoms with Crippen LogP contribution in [0, 0.1) is 11.0 Å². The van der Waals surface area contributed by atoms with Crippen LogP contribution in [0.3, 0.4) is 0 Å². The number of halogens is 4. The molecule has 0 aliphatic carbocycles. The maximum absolute atomic E-state index is 14.6. The average molecular weight is 494 g/mol. The van der Waals surface area contributed by atoms with E-state index in [1.807, 2.05) is 0 Å². The first kappa shape index (κ1) is 24.0. The predicted octanol–water partition coefficient (Wildman–Crippen LogP) is 3.81. The summed E-state index contributed by atoms with van der Waals surface area (Å²) in [6, 6.07) is 6.15. The van der Waals surface area contributed by atoms with Crippen LogP contribution in [0.1, 0.15) is 30.4 Å². The zero-order chi connectivity index (χ0) is 24.5. The molecule has 0 radical (unpaired) electrons. The minimum atomic E-state index is -2.95. The second-order valence-electron chi connectivity index (χ2n) is 8.38. The number of carbonyl (C=O) groups is 1. The molecule has 2 aromatic heterocycles.